The van der Waals surface area contributed by atoms with Crippen molar-refractivity contribution in [1.29, 1.82) is 0 Å². The fraction of sp³-hybridized carbons (Fsp3) is 0.667. The molecule has 0 saturated heterocycles. The van der Waals surface area contributed by atoms with E-state index >= 15 is 0 Å². The molecule has 0 unspecified atom stereocenters. The van der Waals surface area contributed by atoms with Crippen molar-refractivity contribution in [2.75, 3.05) is 0 Å². The summed E-state index contributed by atoms with van der Waals surface area (Å²) in [4.78, 5) is 11.1. The molecule has 0 saturated carbocycles. The minimum absolute atomic E-state index is 0.184. The van der Waals surface area contributed by atoms with Gasteiger partial charge in [-0.1, -0.05) is 32.4 Å². The Morgan fingerprint density at radius 3 is 1.94 bits per heavy atom. The Morgan fingerprint density at radius 2 is 1.69 bits per heavy atom. The van der Waals surface area contributed by atoms with E-state index in [1.807, 2.05) is 41.5 Å². The van der Waals surface area contributed by atoms with Crippen molar-refractivity contribution in [1.82, 2.24) is 9.78 Å². The zero-order valence-corrected chi connectivity index (χ0v) is 11.5. The van der Waals surface area contributed by atoms with Gasteiger partial charge in [0.15, 0.2) is 6.29 Å². The van der Waals surface area contributed by atoms with Gasteiger partial charge in [-0.15, -0.1) is 0 Å². The number of aldehydes is 1. The Balaban J connectivity index is 3.50. The Hall–Kier alpha value is -0.830. The maximum Gasteiger partial charge on any atom is 0.155 e. The van der Waals surface area contributed by atoms with Crippen molar-refractivity contribution >= 4 is 17.9 Å². The number of rotatable bonds is 1. The summed E-state index contributed by atoms with van der Waals surface area (Å²) < 4.78 is 1.71. The number of nitrogens with zero attached hydrogens (tertiary/aromatic N) is 2. The standard InChI is InChI=1S/C12H19ClN2O/c1-11(2,3)9-8(7-16)10(13)15(14-9)12(4,5)6/h7H,1-6H3. The number of hydrogen-bond donors (Lipinski definition) is 0. The monoisotopic (exact) mass is 242 g/mol. The lowest BCUT2D eigenvalue weighted by Crippen LogP contribution is -2.24. The van der Waals surface area contributed by atoms with Gasteiger partial charge >= 0.3 is 0 Å². The van der Waals surface area contributed by atoms with Crippen LogP contribution in [0.25, 0.3) is 0 Å². The van der Waals surface area contributed by atoms with E-state index in [1.165, 1.54) is 0 Å². The Labute approximate surface area is 102 Å². The average molecular weight is 243 g/mol. The van der Waals surface area contributed by atoms with Gasteiger partial charge in [-0.05, 0) is 20.8 Å². The fourth-order valence-corrected chi connectivity index (χ4v) is 1.94. The molecule has 0 bridgehead atoms. The van der Waals surface area contributed by atoms with Gasteiger partial charge in [0.05, 0.1) is 16.8 Å². The second-order valence-electron chi connectivity index (χ2n) is 6.00. The molecule has 90 valence electrons. The molecule has 0 radical (unpaired) electrons. The third kappa shape index (κ3) is 2.29. The van der Waals surface area contributed by atoms with Crippen molar-refractivity contribution in [2.45, 2.75) is 52.5 Å². The lowest BCUT2D eigenvalue weighted by atomic mass is 9.90. The summed E-state index contributed by atoms with van der Waals surface area (Å²) in [5.41, 5.74) is 0.848. The summed E-state index contributed by atoms with van der Waals surface area (Å²) in [6.45, 7) is 12.1. The molecule has 1 aromatic rings. The van der Waals surface area contributed by atoms with E-state index in [4.69, 9.17) is 11.6 Å². The second kappa shape index (κ2) is 3.88. The van der Waals surface area contributed by atoms with Gasteiger partial charge < -0.3 is 0 Å². The minimum atomic E-state index is -0.224. The van der Waals surface area contributed by atoms with Gasteiger partial charge in [-0.3, -0.25) is 4.79 Å². The fourth-order valence-electron chi connectivity index (χ4n) is 1.51. The molecule has 1 rings (SSSR count). The van der Waals surface area contributed by atoms with E-state index in [1.54, 1.807) is 4.68 Å². The van der Waals surface area contributed by atoms with Crippen molar-refractivity contribution in [3.63, 3.8) is 0 Å². The zero-order chi connectivity index (χ0) is 12.7. The van der Waals surface area contributed by atoms with Crippen LogP contribution in [0.2, 0.25) is 5.15 Å². The molecular weight excluding hydrogens is 224 g/mol. The average Bonchev–Trinajstić information content (AvgIpc) is 2.40. The number of aromatic nitrogens is 2. The first-order valence-electron chi connectivity index (χ1n) is 5.33. The number of carbonyl (C=O) groups is 1. The van der Waals surface area contributed by atoms with Crippen LogP contribution in [-0.2, 0) is 11.0 Å². The van der Waals surface area contributed by atoms with Crippen molar-refractivity contribution in [3.8, 4) is 0 Å². The molecule has 4 heteroatoms. The molecule has 0 fully saturated rings. The highest BCUT2D eigenvalue weighted by molar-refractivity contribution is 6.32. The lowest BCUT2D eigenvalue weighted by Gasteiger charge is -2.21. The number of halogens is 1. The van der Waals surface area contributed by atoms with Crippen LogP contribution in [0.1, 0.15) is 57.6 Å². The van der Waals surface area contributed by atoms with E-state index in [0.29, 0.717) is 10.7 Å². The summed E-state index contributed by atoms with van der Waals surface area (Å²) in [5.74, 6) is 0. The summed E-state index contributed by atoms with van der Waals surface area (Å²) >= 11 is 6.19. The highest BCUT2D eigenvalue weighted by Gasteiger charge is 2.29. The molecule has 0 aromatic carbocycles. The van der Waals surface area contributed by atoms with Gasteiger partial charge in [0, 0.05) is 5.41 Å². The summed E-state index contributed by atoms with van der Waals surface area (Å²) in [5, 5.41) is 4.90. The predicted octanol–water partition coefficient (Wildman–Crippen LogP) is 3.40. The van der Waals surface area contributed by atoms with E-state index < -0.39 is 0 Å². The van der Waals surface area contributed by atoms with Gasteiger partial charge in [-0.25, -0.2) is 4.68 Å². The molecule has 1 aromatic heterocycles. The lowest BCUT2D eigenvalue weighted by molar-refractivity contribution is 0.112. The third-order valence-corrected chi connectivity index (χ3v) is 2.69. The summed E-state index contributed by atoms with van der Waals surface area (Å²) in [7, 11) is 0. The molecule has 1 heterocycles. The molecule has 16 heavy (non-hydrogen) atoms. The van der Waals surface area contributed by atoms with E-state index in [2.05, 4.69) is 5.10 Å². The van der Waals surface area contributed by atoms with Crippen LogP contribution in [-0.4, -0.2) is 16.1 Å². The predicted molar refractivity (Wildman–Crippen MR) is 66.3 cm³/mol. The van der Waals surface area contributed by atoms with Gasteiger partial charge in [-0.2, -0.15) is 5.10 Å². The molecule has 0 N–H and O–H groups in total. The van der Waals surface area contributed by atoms with Gasteiger partial charge in [0.1, 0.15) is 5.15 Å². The smallest absolute Gasteiger partial charge is 0.155 e. The molecule has 0 atom stereocenters. The zero-order valence-electron chi connectivity index (χ0n) is 10.8. The highest BCUT2D eigenvalue weighted by Crippen LogP contribution is 2.31. The maximum atomic E-state index is 11.1. The Morgan fingerprint density at radius 1 is 1.19 bits per heavy atom. The first-order valence-corrected chi connectivity index (χ1v) is 5.71. The minimum Gasteiger partial charge on any atom is -0.298 e. The van der Waals surface area contributed by atoms with Crippen LogP contribution < -0.4 is 0 Å². The largest absolute Gasteiger partial charge is 0.298 e. The van der Waals surface area contributed by atoms with Crippen LogP contribution in [0.3, 0.4) is 0 Å². The molecule has 3 nitrogen and oxygen atoms in total. The third-order valence-electron chi connectivity index (χ3n) is 2.33. The van der Waals surface area contributed by atoms with Crippen molar-refractivity contribution in [3.05, 3.63) is 16.4 Å². The van der Waals surface area contributed by atoms with E-state index in [-0.39, 0.29) is 11.0 Å². The van der Waals surface area contributed by atoms with E-state index in [9.17, 15) is 4.79 Å². The molecule has 0 aliphatic rings. The molecule has 0 aliphatic carbocycles. The first kappa shape index (κ1) is 13.2. The van der Waals surface area contributed by atoms with Crippen LogP contribution >= 0.6 is 11.6 Å². The van der Waals surface area contributed by atoms with Gasteiger partial charge in [0.25, 0.3) is 0 Å². The number of carbonyl (C=O) groups excluding carboxylic acids is 1. The van der Waals surface area contributed by atoms with Gasteiger partial charge in [0.2, 0.25) is 0 Å². The Bertz CT molecular complexity index is 408. The molecule has 0 amide bonds. The first-order chi connectivity index (χ1) is 7.09. The summed E-state index contributed by atoms with van der Waals surface area (Å²) in [6, 6.07) is 0. The topological polar surface area (TPSA) is 34.9 Å². The summed E-state index contributed by atoms with van der Waals surface area (Å²) in [6.07, 6.45) is 0.790. The number of hydrogen-bond acceptors (Lipinski definition) is 2. The van der Waals surface area contributed by atoms with Crippen molar-refractivity contribution in [2.24, 2.45) is 0 Å². The Kier molecular flexibility index (Phi) is 3.21. The maximum absolute atomic E-state index is 11.1. The van der Waals surface area contributed by atoms with Crippen LogP contribution in [0.5, 0.6) is 0 Å². The molecule has 0 spiro atoms. The normalized spacial score (nSPS) is 12.9. The van der Waals surface area contributed by atoms with Crippen molar-refractivity contribution < 1.29 is 4.79 Å². The second-order valence-corrected chi connectivity index (χ2v) is 6.36. The highest BCUT2D eigenvalue weighted by atomic mass is 35.5. The van der Waals surface area contributed by atoms with Crippen LogP contribution in [0.4, 0.5) is 0 Å². The molecule has 0 aliphatic heterocycles. The molecular formula is C12H19ClN2O. The van der Waals surface area contributed by atoms with Crippen LogP contribution in [0.15, 0.2) is 0 Å². The van der Waals surface area contributed by atoms with E-state index in [0.717, 1.165) is 12.0 Å². The van der Waals surface area contributed by atoms with Crippen LogP contribution in [0, 0.1) is 0 Å². The SMILES string of the molecule is CC(C)(C)c1nn(C(C)(C)C)c(Cl)c1C=O. The quantitative estimate of drug-likeness (QED) is 0.708.